The maximum Gasteiger partial charge on any atom is 0.264 e. The Morgan fingerprint density at radius 1 is 0.850 bits per heavy atom. The fourth-order valence-electron chi connectivity index (χ4n) is 4.38. The summed E-state index contributed by atoms with van der Waals surface area (Å²) in [7, 11) is -4.08. The molecule has 1 N–H and O–H groups in total. The molecule has 0 aliphatic carbocycles. The second-order valence-electron chi connectivity index (χ2n) is 10.3. The number of carbonyl (C=O) groups excluding carboxylic acids is 2. The molecule has 0 spiro atoms. The van der Waals surface area contributed by atoms with Gasteiger partial charge in [0.1, 0.15) is 12.6 Å². The van der Waals surface area contributed by atoms with Crippen LogP contribution in [0.25, 0.3) is 0 Å². The van der Waals surface area contributed by atoms with E-state index in [-0.39, 0.29) is 23.4 Å². The SMILES string of the molecule is CC[C@@H](C)NC(=O)[C@@H](CC)N(Cc1ccc(C)cc1)C(=O)CN(c1ccc(C)c(C)c1)S(=O)(=O)c1ccccc1. The molecule has 40 heavy (non-hydrogen) atoms. The highest BCUT2D eigenvalue weighted by molar-refractivity contribution is 7.92. The van der Waals surface area contributed by atoms with E-state index >= 15 is 0 Å². The number of nitrogens with one attached hydrogen (secondary N) is 1. The van der Waals surface area contributed by atoms with E-state index in [1.54, 1.807) is 30.3 Å². The zero-order valence-electron chi connectivity index (χ0n) is 24.3. The number of anilines is 1. The lowest BCUT2D eigenvalue weighted by Crippen LogP contribution is -2.53. The van der Waals surface area contributed by atoms with Crippen LogP contribution in [0, 0.1) is 20.8 Å². The van der Waals surface area contributed by atoms with Gasteiger partial charge >= 0.3 is 0 Å². The number of carbonyl (C=O) groups is 2. The molecule has 0 radical (unpaired) electrons. The molecule has 0 aromatic heterocycles. The fourth-order valence-corrected chi connectivity index (χ4v) is 5.81. The van der Waals surface area contributed by atoms with Crippen molar-refractivity contribution in [3.05, 3.63) is 95.1 Å². The molecular formula is C32H41N3O4S. The van der Waals surface area contributed by atoms with Gasteiger partial charge in [0.25, 0.3) is 10.0 Å². The summed E-state index contributed by atoms with van der Waals surface area (Å²) in [6.45, 7) is 11.3. The number of benzene rings is 3. The van der Waals surface area contributed by atoms with E-state index in [4.69, 9.17) is 0 Å². The summed E-state index contributed by atoms with van der Waals surface area (Å²) in [6, 6.07) is 20.4. The average molecular weight is 564 g/mol. The number of nitrogens with zero attached hydrogens (tertiary/aromatic N) is 2. The molecule has 3 aromatic carbocycles. The Kier molecular flexibility index (Phi) is 10.5. The van der Waals surface area contributed by atoms with Crippen LogP contribution in [-0.2, 0) is 26.2 Å². The summed E-state index contributed by atoms with van der Waals surface area (Å²) in [4.78, 5) is 29.1. The monoisotopic (exact) mass is 563 g/mol. The number of sulfonamides is 1. The standard InChI is InChI=1S/C32H41N3O4S/c1-7-26(6)33-32(37)30(8-2)34(21-27-17-14-23(3)15-18-27)31(36)22-35(28-19-16-24(4)25(5)20-28)40(38,39)29-12-10-9-11-13-29/h9-20,26,30H,7-8,21-22H2,1-6H3,(H,33,37)/t26-,30-/m1/s1. The van der Waals surface area contributed by atoms with E-state index in [2.05, 4.69) is 5.32 Å². The van der Waals surface area contributed by atoms with Crippen LogP contribution in [0.2, 0.25) is 0 Å². The minimum Gasteiger partial charge on any atom is -0.352 e. The van der Waals surface area contributed by atoms with Gasteiger partial charge in [0.05, 0.1) is 10.6 Å². The van der Waals surface area contributed by atoms with E-state index in [1.165, 1.54) is 17.0 Å². The maximum absolute atomic E-state index is 14.1. The summed E-state index contributed by atoms with van der Waals surface area (Å²) in [5.74, 6) is -0.703. The van der Waals surface area contributed by atoms with Crippen molar-refractivity contribution in [2.75, 3.05) is 10.8 Å². The molecule has 214 valence electrons. The molecular weight excluding hydrogens is 522 g/mol. The van der Waals surface area contributed by atoms with Gasteiger partial charge in [-0.05, 0) is 81.5 Å². The van der Waals surface area contributed by atoms with Gasteiger partial charge in [0.15, 0.2) is 0 Å². The first-order valence-electron chi connectivity index (χ1n) is 13.8. The van der Waals surface area contributed by atoms with Crippen LogP contribution in [0.1, 0.15) is 55.9 Å². The fraction of sp³-hybridized carbons (Fsp3) is 0.375. The van der Waals surface area contributed by atoms with E-state index in [0.29, 0.717) is 12.1 Å². The Balaban J connectivity index is 2.06. The lowest BCUT2D eigenvalue weighted by atomic mass is 10.1. The Labute approximate surface area is 239 Å². The van der Waals surface area contributed by atoms with Crippen LogP contribution >= 0.6 is 0 Å². The smallest absolute Gasteiger partial charge is 0.264 e. The van der Waals surface area contributed by atoms with Gasteiger partial charge in [-0.25, -0.2) is 8.42 Å². The van der Waals surface area contributed by atoms with Gasteiger partial charge in [-0.3, -0.25) is 13.9 Å². The molecule has 3 rings (SSSR count). The second kappa shape index (κ2) is 13.6. The molecule has 0 aliphatic heterocycles. The molecule has 2 amide bonds. The second-order valence-corrected chi connectivity index (χ2v) is 12.2. The van der Waals surface area contributed by atoms with E-state index in [9.17, 15) is 18.0 Å². The molecule has 0 heterocycles. The van der Waals surface area contributed by atoms with Crippen LogP contribution in [0.5, 0.6) is 0 Å². The summed E-state index contributed by atoms with van der Waals surface area (Å²) in [6.07, 6.45) is 1.14. The molecule has 8 heteroatoms. The van der Waals surface area contributed by atoms with E-state index < -0.39 is 28.5 Å². The van der Waals surface area contributed by atoms with E-state index in [0.717, 1.165) is 33.0 Å². The van der Waals surface area contributed by atoms with Crippen LogP contribution in [0.4, 0.5) is 5.69 Å². The minimum atomic E-state index is -4.08. The summed E-state index contributed by atoms with van der Waals surface area (Å²) in [5, 5.41) is 3.00. The predicted octanol–water partition coefficient (Wildman–Crippen LogP) is 5.53. The molecule has 3 aromatic rings. The van der Waals surface area contributed by atoms with Crippen molar-refractivity contribution in [1.82, 2.24) is 10.2 Å². The molecule has 0 aliphatic rings. The Hall–Kier alpha value is -3.65. The molecule has 2 atom stereocenters. The molecule has 0 saturated carbocycles. The van der Waals surface area contributed by atoms with Crippen molar-refractivity contribution in [3.63, 3.8) is 0 Å². The van der Waals surface area contributed by atoms with Crippen molar-refractivity contribution in [1.29, 1.82) is 0 Å². The summed E-state index contributed by atoms with van der Waals surface area (Å²) >= 11 is 0. The maximum atomic E-state index is 14.1. The molecule has 0 unspecified atom stereocenters. The van der Waals surface area contributed by atoms with Crippen molar-refractivity contribution in [3.8, 4) is 0 Å². The first-order valence-corrected chi connectivity index (χ1v) is 15.2. The quantitative estimate of drug-likeness (QED) is 0.314. The van der Waals surface area contributed by atoms with Crippen molar-refractivity contribution >= 4 is 27.5 Å². The van der Waals surface area contributed by atoms with Gasteiger partial charge in [-0.1, -0.05) is 67.9 Å². The topological polar surface area (TPSA) is 86.8 Å². The Morgan fingerprint density at radius 2 is 1.50 bits per heavy atom. The average Bonchev–Trinajstić information content (AvgIpc) is 2.94. The van der Waals surface area contributed by atoms with Crippen LogP contribution < -0.4 is 9.62 Å². The first-order chi connectivity index (χ1) is 19.0. The van der Waals surface area contributed by atoms with Gasteiger partial charge in [0, 0.05) is 12.6 Å². The highest BCUT2D eigenvalue weighted by atomic mass is 32.2. The third-order valence-corrected chi connectivity index (χ3v) is 9.04. The van der Waals surface area contributed by atoms with E-state index in [1.807, 2.05) is 71.9 Å². The predicted molar refractivity (Wildman–Crippen MR) is 161 cm³/mol. The van der Waals surface area contributed by atoms with Crippen molar-refractivity contribution in [2.24, 2.45) is 0 Å². The zero-order valence-corrected chi connectivity index (χ0v) is 25.2. The Bertz CT molecular complexity index is 1410. The molecule has 0 saturated heterocycles. The number of hydrogen-bond acceptors (Lipinski definition) is 4. The summed E-state index contributed by atoms with van der Waals surface area (Å²) in [5.41, 5.74) is 4.26. The first kappa shape index (κ1) is 30.9. The van der Waals surface area contributed by atoms with Gasteiger partial charge in [-0.2, -0.15) is 0 Å². The normalized spacial score (nSPS) is 12.8. The van der Waals surface area contributed by atoms with Gasteiger partial charge in [0.2, 0.25) is 11.8 Å². The third-order valence-electron chi connectivity index (χ3n) is 7.25. The molecule has 0 fully saturated rings. The number of aryl methyl sites for hydroxylation is 3. The largest absolute Gasteiger partial charge is 0.352 e. The number of hydrogen-bond donors (Lipinski definition) is 1. The summed E-state index contributed by atoms with van der Waals surface area (Å²) < 4.78 is 29.0. The lowest BCUT2D eigenvalue weighted by molar-refractivity contribution is -0.140. The molecule has 0 bridgehead atoms. The van der Waals surface area contributed by atoms with Crippen LogP contribution in [-0.4, -0.2) is 43.8 Å². The van der Waals surface area contributed by atoms with Crippen LogP contribution in [0.15, 0.2) is 77.7 Å². The third kappa shape index (κ3) is 7.50. The number of amides is 2. The van der Waals surface area contributed by atoms with Crippen molar-refractivity contribution < 1.29 is 18.0 Å². The van der Waals surface area contributed by atoms with Crippen molar-refractivity contribution in [2.45, 2.75) is 77.9 Å². The van der Waals surface area contributed by atoms with Gasteiger partial charge < -0.3 is 10.2 Å². The minimum absolute atomic E-state index is 0.0524. The highest BCUT2D eigenvalue weighted by Gasteiger charge is 2.34. The zero-order chi connectivity index (χ0) is 29.4. The van der Waals surface area contributed by atoms with Gasteiger partial charge in [-0.15, -0.1) is 0 Å². The molecule has 7 nitrogen and oxygen atoms in total. The van der Waals surface area contributed by atoms with Crippen LogP contribution in [0.3, 0.4) is 0 Å². The Morgan fingerprint density at radius 3 is 2.08 bits per heavy atom. The number of rotatable bonds is 12. The highest BCUT2D eigenvalue weighted by Crippen LogP contribution is 2.26. The lowest BCUT2D eigenvalue weighted by Gasteiger charge is -2.34.